The average Bonchev–Trinajstić information content (AvgIpc) is 3.20. The largest absolute Gasteiger partial charge is 0.467 e. The van der Waals surface area contributed by atoms with E-state index in [9.17, 15) is 0 Å². The maximum absolute atomic E-state index is 5.39. The van der Waals surface area contributed by atoms with Crippen LogP contribution in [0.5, 0.6) is 6.01 Å². The molecule has 0 unspecified atom stereocenters. The number of furan rings is 1. The van der Waals surface area contributed by atoms with Crippen LogP contribution in [-0.2, 0) is 6.54 Å². The second kappa shape index (κ2) is 5.33. The van der Waals surface area contributed by atoms with Crippen molar-refractivity contribution in [2.24, 2.45) is 5.84 Å². The molecular formula is C12H16N6O2. The van der Waals surface area contributed by atoms with Crippen molar-refractivity contribution in [3.63, 3.8) is 0 Å². The van der Waals surface area contributed by atoms with Crippen molar-refractivity contribution in [2.75, 3.05) is 17.4 Å². The van der Waals surface area contributed by atoms with Gasteiger partial charge in [0.05, 0.1) is 19.9 Å². The number of nitrogens with two attached hydrogens (primary N) is 1. The van der Waals surface area contributed by atoms with Gasteiger partial charge in [-0.2, -0.15) is 15.0 Å². The Bertz CT molecular complexity index is 547. The number of hydrogen-bond acceptors (Lipinski definition) is 8. The molecule has 0 aliphatic heterocycles. The van der Waals surface area contributed by atoms with Gasteiger partial charge in [0.1, 0.15) is 5.76 Å². The number of nitrogen functional groups attached to an aromatic ring is 1. The maximum Gasteiger partial charge on any atom is 0.322 e. The summed E-state index contributed by atoms with van der Waals surface area (Å²) >= 11 is 0. The third-order valence-electron chi connectivity index (χ3n) is 3.07. The first-order valence-corrected chi connectivity index (χ1v) is 6.36. The highest BCUT2D eigenvalue weighted by Crippen LogP contribution is 2.32. The molecule has 2 aromatic heterocycles. The highest BCUT2D eigenvalue weighted by Gasteiger charge is 2.32. The number of rotatable bonds is 6. The van der Waals surface area contributed by atoms with Crippen LogP contribution in [0.25, 0.3) is 0 Å². The number of methoxy groups -OCH3 is 1. The van der Waals surface area contributed by atoms with Gasteiger partial charge in [-0.25, -0.2) is 5.84 Å². The summed E-state index contributed by atoms with van der Waals surface area (Å²) in [6, 6.07) is 4.43. The summed E-state index contributed by atoms with van der Waals surface area (Å²) in [7, 11) is 1.51. The minimum Gasteiger partial charge on any atom is -0.467 e. The Morgan fingerprint density at radius 1 is 1.45 bits per heavy atom. The first-order valence-electron chi connectivity index (χ1n) is 6.36. The van der Waals surface area contributed by atoms with E-state index in [4.69, 9.17) is 15.0 Å². The normalized spacial score (nSPS) is 14.1. The highest BCUT2D eigenvalue weighted by atomic mass is 16.5. The number of hydrogen-bond donors (Lipinski definition) is 2. The Morgan fingerprint density at radius 2 is 2.30 bits per heavy atom. The Labute approximate surface area is 115 Å². The van der Waals surface area contributed by atoms with Gasteiger partial charge in [-0.15, -0.1) is 0 Å². The fourth-order valence-electron chi connectivity index (χ4n) is 1.95. The zero-order chi connectivity index (χ0) is 13.9. The zero-order valence-corrected chi connectivity index (χ0v) is 11.1. The third kappa shape index (κ3) is 2.64. The number of nitrogens with one attached hydrogen (secondary N) is 1. The van der Waals surface area contributed by atoms with Crippen LogP contribution < -0.4 is 20.9 Å². The van der Waals surface area contributed by atoms with Gasteiger partial charge in [-0.3, -0.25) is 5.43 Å². The summed E-state index contributed by atoms with van der Waals surface area (Å²) in [6.45, 7) is 0.606. The van der Waals surface area contributed by atoms with Crippen molar-refractivity contribution < 1.29 is 9.15 Å². The van der Waals surface area contributed by atoms with Crippen LogP contribution in [0.2, 0.25) is 0 Å². The van der Waals surface area contributed by atoms with Crippen molar-refractivity contribution in [3.8, 4) is 6.01 Å². The molecule has 0 atom stereocenters. The summed E-state index contributed by atoms with van der Waals surface area (Å²) in [5.41, 5.74) is 2.42. The second-order valence-corrected chi connectivity index (χ2v) is 4.53. The number of hydrazine groups is 1. The van der Waals surface area contributed by atoms with E-state index in [0.29, 0.717) is 18.5 Å². The Kier molecular flexibility index (Phi) is 3.38. The smallest absolute Gasteiger partial charge is 0.322 e. The molecule has 0 bridgehead atoms. The molecule has 106 valence electrons. The van der Waals surface area contributed by atoms with Crippen molar-refractivity contribution in [1.82, 2.24) is 15.0 Å². The standard InChI is InChI=1S/C12H16N6O2/c1-19-12-15-10(17-13)14-11(16-12)18(8-4-5-8)7-9-3-2-6-20-9/h2-3,6,8H,4-5,7,13H2,1H3,(H,14,15,16,17). The predicted molar refractivity (Wildman–Crippen MR) is 72.1 cm³/mol. The van der Waals surface area contributed by atoms with Crippen molar-refractivity contribution in [1.29, 1.82) is 0 Å². The lowest BCUT2D eigenvalue weighted by molar-refractivity contribution is 0.378. The summed E-state index contributed by atoms with van der Waals surface area (Å²) in [6.07, 6.45) is 3.88. The van der Waals surface area contributed by atoms with Crippen LogP contribution >= 0.6 is 0 Å². The van der Waals surface area contributed by atoms with E-state index < -0.39 is 0 Å². The van der Waals surface area contributed by atoms with Gasteiger partial charge in [-0.05, 0) is 25.0 Å². The van der Waals surface area contributed by atoms with E-state index in [1.54, 1.807) is 6.26 Å². The molecule has 2 heterocycles. The molecule has 1 aliphatic carbocycles. The van der Waals surface area contributed by atoms with Crippen LogP contribution in [0.1, 0.15) is 18.6 Å². The molecule has 8 nitrogen and oxygen atoms in total. The van der Waals surface area contributed by atoms with E-state index >= 15 is 0 Å². The van der Waals surface area contributed by atoms with Gasteiger partial charge in [0.2, 0.25) is 11.9 Å². The molecule has 0 aromatic carbocycles. The minimum atomic E-state index is 0.230. The predicted octanol–water partition coefficient (Wildman–Crippen LogP) is 0.928. The van der Waals surface area contributed by atoms with Gasteiger partial charge in [0.15, 0.2) is 0 Å². The average molecular weight is 276 g/mol. The van der Waals surface area contributed by atoms with Gasteiger partial charge < -0.3 is 14.1 Å². The van der Waals surface area contributed by atoms with Gasteiger partial charge in [0, 0.05) is 6.04 Å². The summed E-state index contributed by atoms with van der Waals surface area (Å²) in [5.74, 6) is 7.04. The number of ether oxygens (including phenoxy) is 1. The molecule has 8 heteroatoms. The van der Waals surface area contributed by atoms with Crippen LogP contribution in [0, 0.1) is 0 Å². The lowest BCUT2D eigenvalue weighted by Gasteiger charge is -2.21. The number of aromatic nitrogens is 3. The van der Waals surface area contributed by atoms with E-state index in [2.05, 4.69) is 25.3 Å². The van der Waals surface area contributed by atoms with Crippen LogP contribution in [0.4, 0.5) is 11.9 Å². The summed E-state index contributed by atoms with van der Waals surface area (Å²) in [4.78, 5) is 14.6. The molecule has 20 heavy (non-hydrogen) atoms. The van der Waals surface area contributed by atoms with Gasteiger partial charge in [-0.1, -0.05) is 0 Å². The zero-order valence-electron chi connectivity index (χ0n) is 11.1. The fraction of sp³-hybridized carbons (Fsp3) is 0.417. The van der Waals surface area contributed by atoms with Crippen molar-refractivity contribution in [2.45, 2.75) is 25.4 Å². The Balaban J connectivity index is 1.90. The number of nitrogens with zero attached hydrogens (tertiary/aromatic N) is 4. The van der Waals surface area contributed by atoms with Gasteiger partial charge >= 0.3 is 6.01 Å². The van der Waals surface area contributed by atoms with Crippen molar-refractivity contribution in [3.05, 3.63) is 24.2 Å². The lowest BCUT2D eigenvalue weighted by Crippen LogP contribution is -2.28. The van der Waals surface area contributed by atoms with Crippen LogP contribution in [0.3, 0.4) is 0 Å². The molecule has 0 radical (unpaired) electrons. The molecule has 1 fully saturated rings. The van der Waals surface area contributed by atoms with E-state index in [1.165, 1.54) is 7.11 Å². The molecule has 2 aromatic rings. The number of anilines is 2. The fourth-order valence-corrected chi connectivity index (χ4v) is 1.95. The van der Waals surface area contributed by atoms with E-state index in [1.807, 2.05) is 12.1 Å². The maximum atomic E-state index is 5.39. The third-order valence-corrected chi connectivity index (χ3v) is 3.07. The van der Waals surface area contributed by atoms with Gasteiger partial charge in [0.25, 0.3) is 0 Å². The monoisotopic (exact) mass is 276 g/mol. The first-order chi connectivity index (χ1) is 9.80. The molecule has 3 rings (SSSR count). The first kappa shape index (κ1) is 12.7. The highest BCUT2D eigenvalue weighted by molar-refractivity contribution is 5.40. The SMILES string of the molecule is COc1nc(NN)nc(N(Cc2ccco2)C2CC2)n1. The second-order valence-electron chi connectivity index (χ2n) is 4.53. The summed E-state index contributed by atoms with van der Waals surface area (Å²) < 4.78 is 10.5. The molecule has 0 amide bonds. The van der Waals surface area contributed by atoms with E-state index in [0.717, 1.165) is 18.6 Å². The molecule has 1 aliphatic rings. The molecule has 0 spiro atoms. The Morgan fingerprint density at radius 3 is 2.90 bits per heavy atom. The van der Waals surface area contributed by atoms with Crippen LogP contribution in [-0.4, -0.2) is 28.1 Å². The molecule has 3 N–H and O–H groups in total. The summed E-state index contributed by atoms with van der Waals surface area (Å²) in [5, 5.41) is 0. The van der Waals surface area contributed by atoms with Crippen LogP contribution in [0.15, 0.2) is 22.8 Å². The Hall–Kier alpha value is -2.35. The van der Waals surface area contributed by atoms with Crippen molar-refractivity contribution >= 4 is 11.9 Å². The molecular weight excluding hydrogens is 260 g/mol. The topological polar surface area (TPSA) is 102 Å². The van der Waals surface area contributed by atoms with E-state index in [-0.39, 0.29) is 12.0 Å². The molecule has 0 saturated heterocycles. The quantitative estimate of drug-likeness (QED) is 0.593. The lowest BCUT2D eigenvalue weighted by atomic mass is 10.4. The molecule has 1 saturated carbocycles. The minimum absolute atomic E-state index is 0.230.